The number of aromatic nitrogens is 1. The summed E-state index contributed by atoms with van der Waals surface area (Å²) in [6.45, 7) is 2.04. The Kier molecular flexibility index (Phi) is 3.05. The van der Waals surface area contributed by atoms with Crippen molar-refractivity contribution in [1.82, 2.24) is 5.16 Å². The molecule has 2 aromatic heterocycles. The molecule has 0 aliphatic heterocycles. The van der Waals surface area contributed by atoms with E-state index in [-0.39, 0.29) is 0 Å². The van der Waals surface area contributed by atoms with E-state index in [0.717, 1.165) is 21.7 Å². The molecule has 0 unspecified atom stereocenters. The number of nitrogen functional groups attached to an aromatic ring is 1. The molecule has 19 heavy (non-hydrogen) atoms. The first-order valence-corrected chi connectivity index (χ1v) is 6.92. The predicted octanol–water partition coefficient (Wildman–Crippen LogP) is 4.61. The number of benzene rings is 1. The average molecular weight is 291 g/mol. The van der Waals surface area contributed by atoms with E-state index in [1.54, 1.807) is 0 Å². The van der Waals surface area contributed by atoms with Gasteiger partial charge in [-0.05, 0) is 24.6 Å². The van der Waals surface area contributed by atoms with Gasteiger partial charge in [0, 0.05) is 0 Å². The van der Waals surface area contributed by atoms with Crippen LogP contribution in [0, 0.1) is 6.92 Å². The molecular weight excluding hydrogens is 280 g/mol. The van der Waals surface area contributed by atoms with Crippen LogP contribution in [0.5, 0.6) is 0 Å². The van der Waals surface area contributed by atoms with Gasteiger partial charge < -0.3 is 10.3 Å². The van der Waals surface area contributed by atoms with Gasteiger partial charge in [-0.25, -0.2) is 0 Å². The third-order valence-corrected chi connectivity index (χ3v) is 4.10. The third-order valence-electron chi connectivity index (χ3n) is 2.87. The van der Waals surface area contributed by atoms with Crippen molar-refractivity contribution in [3.63, 3.8) is 0 Å². The zero-order valence-electron chi connectivity index (χ0n) is 10.2. The van der Waals surface area contributed by atoms with E-state index >= 15 is 0 Å². The van der Waals surface area contributed by atoms with E-state index in [2.05, 4.69) is 5.16 Å². The van der Waals surface area contributed by atoms with Crippen molar-refractivity contribution in [2.75, 3.05) is 5.73 Å². The Morgan fingerprint density at radius 1 is 1.16 bits per heavy atom. The maximum absolute atomic E-state index is 5.97. The molecule has 0 spiro atoms. The smallest absolute Gasteiger partial charge is 0.230 e. The van der Waals surface area contributed by atoms with Crippen LogP contribution in [-0.4, -0.2) is 5.16 Å². The summed E-state index contributed by atoms with van der Waals surface area (Å²) in [5.74, 6) is 0.323. The summed E-state index contributed by atoms with van der Waals surface area (Å²) in [7, 11) is 0. The minimum atomic E-state index is 0.323. The van der Waals surface area contributed by atoms with Crippen molar-refractivity contribution < 1.29 is 4.52 Å². The number of nitrogens with zero attached hydrogens (tertiary/aromatic N) is 1. The van der Waals surface area contributed by atoms with Gasteiger partial charge in [0.1, 0.15) is 5.69 Å². The minimum Gasteiger partial charge on any atom is -0.367 e. The highest BCUT2D eigenvalue weighted by Gasteiger charge is 2.18. The standard InChI is InChI=1S/C14H11ClN2OS/c1-8-2-4-9(5-3-8)12-13(17-18-14(12)16)10-6-7-11(15)19-10/h2-7H,16H2,1H3. The molecule has 5 heteroatoms. The van der Waals surface area contributed by atoms with E-state index < -0.39 is 0 Å². The fraction of sp³-hybridized carbons (Fsp3) is 0.0714. The summed E-state index contributed by atoms with van der Waals surface area (Å²) in [6.07, 6.45) is 0. The van der Waals surface area contributed by atoms with Gasteiger partial charge in [-0.15, -0.1) is 11.3 Å². The molecule has 2 N–H and O–H groups in total. The Morgan fingerprint density at radius 3 is 2.53 bits per heavy atom. The molecule has 3 nitrogen and oxygen atoms in total. The molecule has 0 saturated carbocycles. The van der Waals surface area contributed by atoms with Crippen molar-refractivity contribution in [1.29, 1.82) is 0 Å². The lowest BCUT2D eigenvalue weighted by Crippen LogP contribution is -1.87. The second-order valence-electron chi connectivity index (χ2n) is 4.24. The first-order valence-electron chi connectivity index (χ1n) is 5.73. The maximum atomic E-state index is 5.97. The van der Waals surface area contributed by atoms with Crippen molar-refractivity contribution in [2.24, 2.45) is 0 Å². The van der Waals surface area contributed by atoms with Crippen molar-refractivity contribution in [3.8, 4) is 21.7 Å². The van der Waals surface area contributed by atoms with E-state index in [1.807, 2.05) is 43.3 Å². The largest absolute Gasteiger partial charge is 0.367 e. The zero-order valence-corrected chi connectivity index (χ0v) is 11.8. The average Bonchev–Trinajstić information content (AvgIpc) is 2.97. The summed E-state index contributed by atoms with van der Waals surface area (Å²) in [6, 6.07) is 11.8. The van der Waals surface area contributed by atoms with Gasteiger partial charge in [0.2, 0.25) is 5.88 Å². The number of hydrogen-bond donors (Lipinski definition) is 1. The fourth-order valence-electron chi connectivity index (χ4n) is 1.91. The van der Waals surface area contributed by atoms with Crippen molar-refractivity contribution >= 4 is 28.8 Å². The summed E-state index contributed by atoms with van der Waals surface area (Å²) >= 11 is 7.42. The lowest BCUT2D eigenvalue weighted by molar-refractivity contribution is 0.439. The lowest BCUT2D eigenvalue weighted by atomic mass is 10.0. The Balaban J connectivity index is 2.16. The number of aryl methyl sites for hydroxylation is 1. The monoisotopic (exact) mass is 290 g/mol. The van der Waals surface area contributed by atoms with Crippen LogP contribution in [0.3, 0.4) is 0 Å². The lowest BCUT2D eigenvalue weighted by Gasteiger charge is -2.01. The second kappa shape index (κ2) is 4.72. The van der Waals surface area contributed by atoms with Gasteiger partial charge in [0.05, 0.1) is 14.8 Å². The second-order valence-corrected chi connectivity index (χ2v) is 5.96. The molecule has 0 atom stereocenters. The van der Waals surface area contributed by atoms with Crippen LogP contribution in [0.2, 0.25) is 4.34 Å². The fourth-order valence-corrected chi connectivity index (χ4v) is 2.94. The van der Waals surface area contributed by atoms with Gasteiger partial charge in [0.25, 0.3) is 0 Å². The molecule has 0 aliphatic rings. The topological polar surface area (TPSA) is 52.0 Å². The number of halogens is 1. The number of anilines is 1. The van der Waals surface area contributed by atoms with Gasteiger partial charge in [0.15, 0.2) is 0 Å². The van der Waals surface area contributed by atoms with Gasteiger partial charge in [-0.1, -0.05) is 46.6 Å². The highest BCUT2D eigenvalue weighted by molar-refractivity contribution is 7.19. The van der Waals surface area contributed by atoms with Crippen molar-refractivity contribution in [2.45, 2.75) is 6.92 Å². The molecule has 96 valence electrons. The molecule has 1 aromatic carbocycles. The SMILES string of the molecule is Cc1ccc(-c2c(-c3ccc(Cl)s3)noc2N)cc1. The summed E-state index contributed by atoms with van der Waals surface area (Å²) in [4.78, 5) is 0.945. The van der Waals surface area contributed by atoms with Crippen LogP contribution in [0.25, 0.3) is 21.7 Å². The Morgan fingerprint density at radius 2 is 1.89 bits per heavy atom. The molecule has 0 amide bonds. The summed E-state index contributed by atoms with van der Waals surface area (Å²) in [5.41, 5.74) is 9.63. The van der Waals surface area contributed by atoms with Crippen LogP contribution < -0.4 is 5.73 Å². The van der Waals surface area contributed by atoms with Crippen LogP contribution in [0.1, 0.15) is 5.56 Å². The Bertz CT molecular complexity index is 715. The quantitative estimate of drug-likeness (QED) is 0.749. The first kappa shape index (κ1) is 12.3. The van der Waals surface area contributed by atoms with E-state index in [0.29, 0.717) is 10.2 Å². The summed E-state index contributed by atoms with van der Waals surface area (Å²) in [5, 5.41) is 4.05. The van der Waals surface area contributed by atoms with Gasteiger partial charge in [-0.2, -0.15) is 0 Å². The number of nitrogens with two attached hydrogens (primary N) is 1. The minimum absolute atomic E-state index is 0.323. The normalized spacial score (nSPS) is 10.8. The number of rotatable bonds is 2. The third kappa shape index (κ3) is 2.25. The molecule has 0 radical (unpaired) electrons. The zero-order chi connectivity index (χ0) is 13.4. The van der Waals surface area contributed by atoms with Crippen LogP contribution in [-0.2, 0) is 0 Å². The Labute approximate surface area is 119 Å². The highest BCUT2D eigenvalue weighted by Crippen LogP contribution is 2.39. The molecule has 0 fully saturated rings. The van der Waals surface area contributed by atoms with E-state index in [9.17, 15) is 0 Å². The molecule has 2 heterocycles. The molecule has 0 bridgehead atoms. The van der Waals surface area contributed by atoms with Crippen LogP contribution >= 0.6 is 22.9 Å². The van der Waals surface area contributed by atoms with E-state index in [4.69, 9.17) is 21.9 Å². The van der Waals surface area contributed by atoms with Gasteiger partial charge >= 0.3 is 0 Å². The number of thiophene rings is 1. The molecular formula is C14H11ClN2OS. The number of hydrogen-bond acceptors (Lipinski definition) is 4. The Hall–Kier alpha value is -1.78. The van der Waals surface area contributed by atoms with Gasteiger partial charge in [-0.3, -0.25) is 0 Å². The van der Waals surface area contributed by atoms with Crippen molar-refractivity contribution in [3.05, 3.63) is 46.3 Å². The predicted molar refractivity (Wildman–Crippen MR) is 79.4 cm³/mol. The maximum Gasteiger partial charge on any atom is 0.230 e. The van der Waals surface area contributed by atoms with Crippen LogP contribution in [0.15, 0.2) is 40.9 Å². The van der Waals surface area contributed by atoms with E-state index in [1.165, 1.54) is 16.9 Å². The molecule has 3 aromatic rings. The highest BCUT2D eigenvalue weighted by atomic mass is 35.5. The summed E-state index contributed by atoms with van der Waals surface area (Å²) < 4.78 is 5.85. The first-order chi connectivity index (χ1) is 9.15. The van der Waals surface area contributed by atoms with Crippen LogP contribution in [0.4, 0.5) is 5.88 Å². The molecule has 3 rings (SSSR count). The molecule has 0 aliphatic carbocycles. The molecule has 0 saturated heterocycles.